The molecule has 44 heavy (non-hydrogen) atoms. The number of alkyl halides is 3. The number of hydrogen-bond acceptors (Lipinski definition) is 7. The Hall–Kier alpha value is -5.39. The fourth-order valence-corrected chi connectivity index (χ4v) is 5.08. The number of fused-ring (bicyclic) bond motifs is 1. The highest BCUT2D eigenvalue weighted by Gasteiger charge is 2.33. The molecule has 5 aromatic rings. The third kappa shape index (κ3) is 5.30. The summed E-state index contributed by atoms with van der Waals surface area (Å²) in [6.07, 6.45) is -3.06. The van der Waals surface area contributed by atoms with Crippen molar-refractivity contribution in [1.29, 1.82) is 0 Å². The van der Waals surface area contributed by atoms with E-state index in [4.69, 9.17) is 4.42 Å². The number of carbonyl (C=O) groups is 1. The van der Waals surface area contributed by atoms with Crippen LogP contribution >= 0.6 is 0 Å². The van der Waals surface area contributed by atoms with Gasteiger partial charge in [-0.05, 0) is 42.0 Å². The largest absolute Gasteiger partial charge is 0.417 e. The maximum absolute atomic E-state index is 14.8. The summed E-state index contributed by atoms with van der Waals surface area (Å²) in [5.41, 5.74) is 2.22. The number of nitrogens with zero attached hydrogens (tertiary/aromatic N) is 4. The number of rotatable bonds is 6. The number of hydrogen-bond donors (Lipinski definition) is 2. The van der Waals surface area contributed by atoms with E-state index in [1.165, 1.54) is 12.1 Å². The van der Waals surface area contributed by atoms with Crippen LogP contribution in [0.3, 0.4) is 0 Å². The zero-order chi connectivity index (χ0) is 30.4. The molecule has 1 aliphatic heterocycles. The lowest BCUT2D eigenvalue weighted by atomic mass is 9.99. The first-order valence-corrected chi connectivity index (χ1v) is 13.8. The Bertz CT molecular complexity index is 1900. The fraction of sp³-hybridized carbons (Fsp3) is 0.156. The molecular weight excluding hydrogens is 576 g/mol. The first kappa shape index (κ1) is 27.4. The van der Waals surface area contributed by atoms with Gasteiger partial charge in [-0.1, -0.05) is 71.8 Å². The van der Waals surface area contributed by atoms with Crippen LogP contribution in [0.1, 0.15) is 41.0 Å². The predicted octanol–water partition coefficient (Wildman–Crippen LogP) is 7.06. The molecule has 0 radical (unpaired) electrons. The molecule has 0 unspecified atom stereocenters. The zero-order valence-electron chi connectivity index (χ0n) is 22.8. The van der Waals surface area contributed by atoms with Gasteiger partial charge in [0.15, 0.2) is 0 Å². The molecule has 1 aliphatic carbocycles. The Balaban J connectivity index is 1.24. The Morgan fingerprint density at radius 1 is 0.886 bits per heavy atom. The average Bonchev–Trinajstić information content (AvgIpc) is 3.80. The van der Waals surface area contributed by atoms with Gasteiger partial charge in [-0.15, -0.1) is 5.10 Å². The monoisotopic (exact) mass is 598 g/mol. The number of benzodiazepines with no additional fused rings is 1. The topological polar surface area (TPSA) is 105 Å². The van der Waals surface area contributed by atoms with Crippen LogP contribution in [0.5, 0.6) is 0 Å². The van der Waals surface area contributed by atoms with Crippen LogP contribution in [0.25, 0.3) is 22.7 Å². The Labute approximate surface area is 247 Å². The van der Waals surface area contributed by atoms with E-state index in [9.17, 15) is 22.4 Å². The van der Waals surface area contributed by atoms with Crippen LogP contribution in [-0.2, 0) is 11.0 Å². The van der Waals surface area contributed by atoms with Gasteiger partial charge in [0.2, 0.25) is 6.17 Å². The molecule has 0 saturated heterocycles. The van der Waals surface area contributed by atoms with Crippen LogP contribution in [0.15, 0.2) is 94.5 Å². The molecule has 8 nitrogen and oxygen atoms in total. The normalized spacial score (nSPS) is 16.5. The van der Waals surface area contributed by atoms with E-state index in [0.717, 1.165) is 24.5 Å². The van der Waals surface area contributed by atoms with E-state index in [1.807, 2.05) is 18.2 Å². The van der Waals surface area contributed by atoms with E-state index in [0.29, 0.717) is 34.5 Å². The fourth-order valence-electron chi connectivity index (χ4n) is 5.08. The number of amides is 1. The van der Waals surface area contributed by atoms with E-state index in [1.54, 1.807) is 42.5 Å². The second-order valence-electron chi connectivity index (χ2n) is 10.5. The highest BCUT2D eigenvalue weighted by Crippen LogP contribution is 2.42. The third-order valence-corrected chi connectivity index (χ3v) is 7.44. The number of para-hydroxylation sites is 1. The minimum atomic E-state index is -4.62. The number of aromatic nitrogens is 3. The standard InChI is InChI=1S/C32H22F4N6O2/c33-24-8-4-7-22-25(20-5-2-1-3-6-20)38-28(29(43)39-26(22)24)40-31-42-41-30(44-31)27-23(15-21(16-37-27)32(34,35)36)19-13-11-18(12-14-19)17-9-10-17/h1-8,11-17,28H,9-10H2,(H,39,43)(H,40,42)/t28-/m1/s1. The van der Waals surface area contributed by atoms with Crippen LogP contribution < -0.4 is 10.6 Å². The number of pyridine rings is 1. The summed E-state index contributed by atoms with van der Waals surface area (Å²) in [5.74, 6) is -1.02. The lowest BCUT2D eigenvalue weighted by Gasteiger charge is -2.12. The SMILES string of the molecule is O=C1Nc2c(F)cccc2C(c2ccccc2)=N[C@@H]1Nc1nnc(-c2ncc(C(F)(F)F)cc2-c2ccc(C3CC3)cc2)o1. The molecule has 1 atom stereocenters. The van der Waals surface area contributed by atoms with Crippen molar-refractivity contribution in [2.45, 2.75) is 31.1 Å². The molecule has 3 aromatic carbocycles. The molecule has 1 amide bonds. The molecule has 2 N–H and O–H groups in total. The van der Waals surface area contributed by atoms with Gasteiger partial charge in [-0.2, -0.15) is 13.2 Å². The lowest BCUT2D eigenvalue weighted by molar-refractivity contribution is -0.137. The van der Waals surface area contributed by atoms with Gasteiger partial charge in [0.05, 0.1) is 17.0 Å². The zero-order valence-corrected chi connectivity index (χ0v) is 22.8. The summed E-state index contributed by atoms with van der Waals surface area (Å²) in [6.45, 7) is 0. The number of halogens is 4. The Kier molecular flexibility index (Phi) is 6.68. The molecule has 2 aliphatic rings. The summed E-state index contributed by atoms with van der Waals surface area (Å²) >= 11 is 0. The second kappa shape index (κ2) is 10.7. The van der Waals surface area contributed by atoms with Gasteiger partial charge in [0.1, 0.15) is 11.5 Å². The maximum Gasteiger partial charge on any atom is 0.417 e. The Morgan fingerprint density at radius 3 is 2.39 bits per heavy atom. The molecule has 1 fully saturated rings. The van der Waals surface area contributed by atoms with E-state index < -0.39 is 29.6 Å². The molecule has 0 bridgehead atoms. The van der Waals surface area contributed by atoms with Crippen molar-refractivity contribution in [3.63, 3.8) is 0 Å². The minimum absolute atomic E-state index is 0.0260. The van der Waals surface area contributed by atoms with Gasteiger partial charge in [-0.25, -0.2) is 14.4 Å². The van der Waals surface area contributed by atoms with Crippen LogP contribution in [0, 0.1) is 5.82 Å². The van der Waals surface area contributed by atoms with E-state index in [2.05, 4.69) is 30.8 Å². The summed E-state index contributed by atoms with van der Waals surface area (Å²) in [6, 6.07) is 21.4. The quantitative estimate of drug-likeness (QED) is 0.203. The molecule has 1 saturated carbocycles. The summed E-state index contributed by atoms with van der Waals surface area (Å²) in [5, 5.41) is 13.3. The number of nitrogens with one attached hydrogen (secondary N) is 2. The van der Waals surface area contributed by atoms with Crippen molar-refractivity contribution in [2.24, 2.45) is 4.99 Å². The molecule has 220 valence electrons. The van der Waals surface area contributed by atoms with Crippen molar-refractivity contribution in [3.05, 3.63) is 113 Å². The van der Waals surface area contributed by atoms with Crippen molar-refractivity contribution in [3.8, 4) is 22.7 Å². The van der Waals surface area contributed by atoms with Crippen LogP contribution in [-0.4, -0.2) is 33.0 Å². The molecular formula is C32H22F4N6O2. The highest BCUT2D eigenvalue weighted by atomic mass is 19.4. The summed E-state index contributed by atoms with van der Waals surface area (Å²) in [7, 11) is 0. The smallest absolute Gasteiger partial charge is 0.402 e. The van der Waals surface area contributed by atoms with Crippen LogP contribution in [0.2, 0.25) is 0 Å². The number of carbonyl (C=O) groups excluding carboxylic acids is 1. The van der Waals surface area contributed by atoms with Gasteiger partial charge >= 0.3 is 12.2 Å². The van der Waals surface area contributed by atoms with Crippen molar-refractivity contribution < 1.29 is 26.8 Å². The predicted molar refractivity (Wildman–Crippen MR) is 154 cm³/mol. The molecule has 7 rings (SSSR count). The first-order chi connectivity index (χ1) is 21.2. The van der Waals surface area contributed by atoms with E-state index in [-0.39, 0.29) is 28.9 Å². The van der Waals surface area contributed by atoms with Crippen LogP contribution in [0.4, 0.5) is 29.3 Å². The van der Waals surface area contributed by atoms with Crippen molar-refractivity contribution >= 4 is 23.3 Å². The first-order valence-electron chi connectivity index (χ1n) is 13.8. The van der Waals surface area contributed by atoms with Gasteiger partial charge in [0, 0.05) is 22.9 Å². The van der Waals surface area contributed by atoms with Gasteiger partial charge < -0.3 is 15.1 Å². The third-order valence-electron chi connectivity index (χ3n) is 7.44. The molecule has 12 heteroatoms. The van der Waals surface area contributed by atoms with Crippen molar-refractivity contribution in [2.75, 3.05) is 10.6 Å². The number of aliphatic imine (C=N–C) groups is 1. The maximum atomic E-state index is 14.8. The average molecular weight is 599 g/mol. The van der Waals surface area contributed by atoms with Gasteiger partial charge in [0.25, 0.3) is 11.8 Å². The van der Waals surface area contributed by atoms with Gasteiger partial charge in [-0.3, -0.25) is 4.79 Å². The highest BCUT2D eigenvalue weighted by molar-refractivity contribution is 6.19. The molecule has 0 spiro atoms. The second-order valence-corrected chi connectivity index (χ2v) is 10.5. The molecule has 3 heterocycles. The lowest BCUT2D eigenvalue weighted by Crippen LogP contribution is -2.32. The number of benzene rings is 3. The molecule has 2 aromatic heterocycles. The summed E-state index contributed by atoms with van der Waals surface area (Å²) in [4.78, 5) is 21.8. The number of anilines is 2. The van der Waals surface area contributed by atoms with E-state index >= 15 is 0 Å². The summed E-state index contributed by atoms with van der Waals surface area (Å²) < 4.78 is 61.5. The van der Waals surface area contributed by atoms with Crippen molar-refractivity contribution in [1.82, 2.24) is 15.2 Å². The Morgan fingerprint density at radius 2 is 1.66 bits per heavy atom. The minimum Gasteiger partial charge on any atom is -0.402 e.